The van der Waals surface area contributed by atoms with Crippen molar-refractivity contribution in [1.82, 2.24) is 5.32 Å². The topological polar surface area (TPSA) is 12.0 Å². The number of hydrogen-bond donors (Lipinski definition) is 1. The molecular formula is C17H25N. The third-order valence-corrected chi connectivity index (χ3v) is 4.77. The molecule has 18 heavy (non-hydrogen) atoms. The van der Waals surface area contributed by atoms with Crippen LogP contribution in [-0.2, 0) is 19.4 Å². The van der Waals surface area contributed by atoms with Crippen molar-refractivity contribution < 1.29 is 0 Å². The maximum Gasteiger partial charge on any atom is 0.0208 e. The molecule has 2 aliphatic carbocycles. The highest BCUT2D eigenvalue weighted by Crippen LogP contribution is 2.25. The van der Waals surface area contributed by atoms with Crippen LogP contribution < -0.4 is 5.32 Å². The SMILES string of the molecule is CC1CCC(NCc2ccc3c(c2)CCC3)CC1. The summed E-state index contributed by atoms with van der Waals surface area (Å²) < 4.78 is 0. The average Bonchev–Trinajstić information content (AvgIpc) is 2.85. The van der Waals surface area contributed by atoms with Gasteiger partial charge in [-0.3, -0.25) is 0 Å². The first kappa shape index (κ1) is 12.2. The molecule has 1 saturated carbocycles. The summed E-state index contributed by atoms with van der Waals surface area (Å²) in [6, 6.07) is 7.86. The lowest BCUT2D eigenvalue weighted by molar-refractivity contribution is 0.306. The molecule has 1 aromatic carbocycles. The summed E-state index contributed by atoms with van der Waals surface area (Å²) in [5.74, 6) is 0.947. The number of aryl methyl sites for hydroxylation is 2. The molecule has 1 aromatic rings. The van der Waals surface area contributed by atoms with E-state index in [0.29, 0.717) is 0 Å². The van der Waals surface area contributed by atoms with Crippen molar-refractivity contribution in [2.75, 3.05) is 0 Å². The van der Waals surface area contributed by atoms with Crippen LogP contribution in [0.2, 0.25) is 0 Å². The first-order chi connectivity index (χ1) is 8.81. The second-order valence-electron chi connectivity index (χ2n) is 6.29. The van der Waals surface area contributed by atoms with Crippen LogP contribution in [0.5, 0.6) is 0 Å². The van der Waals surface area contributed by atoms with Crippen LogP contribution in [0.1, 0.15) is 55.7 Å². The molecule has 1 N–H and O–H groups in total. The zero-order chi connectivity index (χ0) is 12.4. The Labute approximate surface area is 111 Å². The summed E-state index contributed by atoms with van der Waals surface area (Å²) in [4.78, 5) is 0. The lowest BCUT2D eigenvalue weighted by Gasteiger charge is -2.27. The lowest BCUT2D eigenvalue weighted by atomic mass is 9.87. The van der Waals surface area contributed by atoms with Crippen LogP contribution in [0.25, 0.3) is 0 Å². The molecule has 0 bridgehead atoms. The van der Waals surface area contributed by atoms with E-state index in [1.807, 2.05) is 0 Å². The molecule has 0 atom stereocenters. The van der Waals surface area contributed by atoms with Crippen molar-refractivity contribution >= 4 is 0 Å². The lowest BCUT2D eigenvalue weighted by Crippen LogP contribution is -2.32. The van der Waals surface area contributed by atoms with Crippen LogP contribution in [0.15, 0.2) is 18.2 Å². The van der Waals surface area contributed by atoms with Gasteiger partial charge in [-0.15, -0.1) is 0 Å². The maximum absolute atomic E-state index is 3.75. The van der Waals surface area contributed by atoms with E-state index in [-0.39, 0.29) is 0 Å². The minimum atomic E-state index is 0.759. The van der Waals surface area contributed by atoms with Crippen LogP contribution in [-0.4, -0.2) is 6.04 Å². The zero-order valence-electron chi connectivity index (χ0n) is 11.5. The quantitative estimate of drug-likeness (QED) is 0.850. The first-order valence-corrected chi connectivity index (χ1v) is 7.65. The van der Waals surface area contributed by atoms with E-state index >= 15 is 0 Å². The van der Waals surface area contributed by atoms with Crippen molar-refractivity contribution in [3.63, 3.8) is 0 Å². The molecule has 3 rings (SSSR count). The minimum absolute atomic E-state index is 0.759. The van der Waals surface area contributed by atoms with Gasteiger partial charge in [0.2, 0.25) is 0 Å². The number of benzene rings is 1. The van der Waals surface area contributed by atoms with Crippen molar-refractivity contribution in [2.24, 2.45) is 5.92 Å². The summed E-state index contributed by atoms with van der Waals surface area (Å²) in [6.07, 6.45) is 9.49. The molecule has 0 unspecified atom stereocenters. The number of hydrogen-bond acceptors (Lipinski definition) is 1. The summed E-state index contributed by atoms with van der Waals surface area (Å²) >= 11 is 0. The van der Waals surface area contributed by atoms with Crippen molar-refractivity contribution in [1.29, 1.82) is 0 Å². The Morgan fingerprint density at radius 2 is 1.83 bits per heavy atom. The Morgan fingerprint density at radius 3 is 2.67 bits per heavy atom. The molecule has 0 heterocycles. The van der Waals surface area contributed by atoms with E-state index in [0.717, 1.165) is 18.5 Å². The van der Waals surface area contributed by atoms with Gasteiger partial charge in [-0.25, -0.2) is 0 Å². The predicted octanol–water partition coefficient (Wildman–Crippen LogP) is 3.84. The number of nitrogens with one attached hydrogen (secondary N) is 1. The minimum Gasteiger partial charge on any atom is -0.310 e. The molecule has 98 valence electrons. The Morgan fingerprint density at radius 1 is 1.06 bits per heavy atom. The normalized spacial score (nSPS) is 27.2. The predicted molar refractivity (Wildman–Crippen MR) is 76.7 cm³/mol. The molecule has 0 aromatic heterocycles. The van der Waals surface area contributed by atoms with Crippen molar-refractivity contribution in [3.8, 4) is 0 Å². The van der Waals surface area contributed by atoms with Crippen LogP contribution in [0, 0.1) is 5.92 Å². The van der Waals surface area contributed by atoms with Gasteiger partial charge >= 0.3 is 0 Å². The van der Waals surface area contributed by atoms with Gasteiger partial charge in [-0.05, 0) is 67.6 Å². The molecule has 0 saturated heterocycles. The zero-order valence-corrected chi connectivity index (χ0v) is 11.5. The van der Waals surface area contributed by atoms with E-state index in [1.54, 1.807) is 11.1 Å². The van der Waals surface area contributed by atoms with E-state index < -0.39 is 0 Å². The summed E-state index contributed by atoms with van der Waals surface area (Å²) in [7, 11) is 0. The Kier molecular flexibility index (Phi) is 3.69. The smallest absolute Gasteiger partial charge is 0.0208 e. The summed E-state index contributed by atoms with van der Waals surface area (Å²) in [5.41, 5.74) is 4.67. The first-order valence-electron chi connectivity index (χ1n) is 7.65. The second-order valence-corrected chi connectivity index (χ2v) is 6.29. The fourth-order valence-corrected chi connectivity index (χ4v) is 3.46. The molecule has 0 spiro atoms. The second kappa shape index (κ2) is 5.44. The molecule has 1 fully saturated rings. The largest absolute Gasteiger partial charge is 0.310 e. The van der Waals surface area contributed by atoms with Gasteiger partial charge < -0.3 is 5.32 Å². The van der Waals surface area contributed by atoms with E-state index in [2.05, 4.69) is 30.4 Å². The highest BCUT2D eigenvalue weighted by molar-refractivity contribution is 5.35. The van der Waals surface area contributed by atoms with E-state index in [4.69, 9.17) is 0 Å². The maximum atomic E-state index is 3.75. The van der Waals surface area contributed by atoms with Crippen molar-refractivity contribution in [2.45, 2.75) is 64.5 Å². The fraction of sp³-hybridized carbons (Fsp3) is 0.647. The molecule has 2 aliphatic rings. The summed E-state index contributed by atoms with van der Waals surface area (Å²) in [6.45, 7) is 3.45. The molecular weight excluding hydrogens is 218 g/mol. The van der Waals surface area contributed by atoms with Gasteiger partial charge in [0.05, 0.1) is 0 Å². The third kappa shape index (κ3) is 2.77. The number of fused-ring (bicyclic) bond motifs is 1. The van der Waals surface area contributed by atoms with E-state index in [9.17, 15) is 0 Å². The van der Waals surface area contributed by atoms with Crippen LogP contribution >= 0.6 is 0 Å². The highest BCUT2D eigenvalue weighted by Gasteiger charge is 2.17. The molecule has 0 aliphatic heterocycles. The van der Waals surface area contributed by atoms with Crippen molar-refractivity contribution in [3.05, 3.63) is 34.9 Å². The van der Waals surface area contributed by atoms with Crippen LogP contribution in [0.3, 0.4) is 0 Å². The molecule has 1 nitrogen and oxygen atoms in total. The number of rotatable bonds is 3. The van der Waals surface area contributed by atoms with Crippen LogP contribution in [0.4, 0.5) is 0 Å². The summed E-state index contributed by atoms with van der Waals surface area (Å²) in [5, 5.41) is 3.75. The van der Waals surface area contributed by atoms with Gasteiger partial charge in [-0.1, -0.05) is 25.1 Å². The van der Waals surface area contributed by atoms with Gasteiger partial charge in [-0.2, -0.15) is 0 Å². The molecule has 1 heteroatoms. The Balaban J connectivity index is 1.54. The Bertz CT molecular complexity index is 402. The van der Waals surface area contributed by atoms with Gasteiger partial charge in [0.15, 0.2) is 0 Å². The van der Waals surface area contributed by atoms with Gasteiger partial charge in [0, 0.05) is 12.6 Å². The third-order valence-electron chi connectivity index (χ3n) is 4.77. The average molecular weight is 243 g/mol. The Hall–Kier alpha value is -0.820. The highest BCUT2D eigenvalue weighted by atomic mass is 14.9. The standard InChI is InChI=1S/C17H25N/c1-13-5-9-17(10-6-13)18-12-14-7-8-15-3-2-4-16(15)11-14/h7-8,11,13,17-18H,2-6,9-10,12H2,1H3. The molecule has 0 radical (unpaired) electrons. The monoisotopic (exact) mass is 243 g/mol. The van der Waals surface area contributed by atoms with Gasteiger partial charge in [0.1, 0.15) is 0 Å². The van der Waals surface area contributed by atoms with E-state index in [1.165, 1.54) is 50.5 Å². The fourth-order valence-electron chi connectivity index (χ4n) is 3.46. The molecule has 0 amide bonds. The van der Waals surface area contributed by atoms with Gasteiger partial charge in [0.25, 0.3) is 0 Å².